The molecule has 0 saturated carbocycles. The minimum absolute atomic E-state index is 0.0829. The first-order valence-electron chi connectivity index (χ1n) is 11.8. The van der Waals surface area contributed by atoms with E-state index in [0.29, 0.717) is 23.6 Å². The van der Waals surface area contributed by atoms with Crippen molar-refractivity contribution in [2.24, 2.45) is 5.92 Å². The van der Waals surface area contributed by atoms with Crippen LogP contribution in [0.3, 0.4) is 0 Å². The van der Waals surface area contributed by atoms with E-state index in [0.717, 1.165) is 28.1 Å². The highest BCUT2D eigenvalue weighted by atomic mass is 32.2. The third kappa shape index (κ3) is 5.93. The average molecular weight is 552 g/mol. The number of benzene rings is 3. The van der Waals surface area contributed by atoms with Crippen LogP contribution in [0.1, 0.15) is 30.4 Å². The molecule has 0 saturated heterocycles. The Kier molecular flexibility index (Phi) is 7.68. The number of fused-ring (bicyclic) bond motifs is 1. The lowest BCUT2D eigenvalue weighted by molar-refractivity contribution is -0.138. The molecule has 0 amide bonds. The number of carboxylic acid groups (broad SMARTS) is 1. The number of aryl methyl sites for hydroxylation is 1. The first-order valence-corrected chi connectivity index (χ1v) is 13.3. The molecule has 0 aromatic heterocycles. The Bertz CT molecular complexity index is 1460. The quantitative estimate of drug-likeness (QED) is 0.350. The van der Waals surface area contributed by atoms with Crippen LogP contribution in [0.25, 0.3) is 11.1 Å². The standard InChI is InChI=1S/C27H25F4NO5S/c1-17-8-10-21(28)14-23(17)19-9-11-25-24(12-19)32(15-18(16-37-25)4-2-7-26(33)34)38(35,36)22-6-3-5-20(13-22)27(29,30)31/h3,5-6,8-14,18H,2,4,7,15-16H2,1H3,(H,33,34). The van der Waals surface area contributed by atoms with Crippen molar-refractivity contribution in [3.05, 3.63) is 77.6 Å². The van der Waals surface area contributed by atoms with Crippen molar-refractivity contribution < 1.29 is 40.6 Å². The van der Waals surface area contributed by atoms with Gasteiger partial charge in [-0.1, -0.05) is 18.2 Å². The number of halogens is 4. The number of hydrogen-bond acceptors (Lipinski definition) is 4. The Morgan fingerprint density at radius 3 is 2.58 bits per heavy atom. The van der Waals surface area contributed by atoms with Gasteiger partial charge >= 0.3 is 12.1 Å². The largest absolute Gasteiger partial charge is 0.491 e. The van der Waals surface area contributed by atoms with Gasteiger partial charge in [0.05, 0.1) is 22.8 Å². The molecule has 1 heterocycles. The number of anilines is 1. The summed E-state index contributed by atoms with van der Waals surface area (Å²) in [6.07, 6.45) is -4.27. The second-order valence-corrected chi connectivity index (χ2v) is 11.0. The van der Waals surface area contributed by atoms with Crippen molar-refractivity contribution >= 4 is 21.7 Å². The first-order chi connectivity index (χ1) is 17.9. The van der Waals surface area contributed by atoms with Crippen LogP contribution in [0, 0.1) is 18.7 Å². The van der Waals surface area contributed by atoms with Gasteiger partial charge in [-0.25, -0.2) is 12.8 Å². The lowest BCUT2D eigenvalue weighted by atomic mass is 9.99. The van der Waals surface area contributed by atoms with Gasteiger partial charge in [-0.15, -0.1) is 0 Å². The van der Waals surface area contributed by atoms with E-state index >= 15 is 0 Å². The Balaban J connectivity index is 1.82. The van der Waals surface area contributed by atoms with Gasteiger partial charge < -0.3 is 9.84 Å². The summed E-state index contributed by atoms with van der Waals surface area (Å²) < 4.78 is 88.7. The van der Waals surface area contributed by atoms with Crippen molar-refractivity contribution in [2.45, 2.75) is 37.3 Å². The molecule has 1 atom stereocenters. The maximum absolute atomic E-state index is 14.0. The van der Waals surface area contributed by atoms with Crippen LogP contribution < -0.4 is 9.04 Å². The Morgan fingerprint density at radius 1 is 1.11 bits per heavy atom. The van der Waals surface area contributed by atoms with E-state index in [1.165, 1.54) is 18.2 Å². The summed E-state index contributed by atoms with van der Waals surface area (Å²) in [5, 5.41) is 8.99. The molecular formula is C27H25F4NO5S. The summed E-state index contributed by atoms with van der Waals surface area (Å²) in [5.41, 5.74) is 0.750. The van der Waals surface area contributed by atoms with Gasteiger partial charge in [0.1, 0.15) is 11.6 Å². The minimum Gasteiger partial charge on any atom is -0.491 e. The summed E-state index contributed by atoms with van der Waals surface area (Å²) in [4.78, 5) is 10.4. The lowest BCUT2D eigenvalue weighted by Crippen LogP contribution is -2.35. The summed E-state index contributed by atoms with van der Waals surface area (Å²) in [7, 11) is -4.51. The third-order valence-electron chi connectivity index (χ3n) is 6.39. The molecule has 1 aliphatic rings. The normalized spacial score (nSPS) is 15.9. The Hall–Kier alpha value is -3.60. The highest BCUT2D eigenvalue weighted by Gasteiger charge is 2.36. The zero-order chi connectivity index (χ0) is 27.7. The Labute approximate surface area is 217 Å². The van der Waals surface area contributed by atoms with E-state index in [4.69, 9.17) is 9.84 Å². The van der Waals surface area contributed by atoms with Crippen molar-refractivity contribution in [3.8, 4) is 16.9 Å². The summed E-state index contributed by atoms with van der Waals surface area (Å²) in [6, 6.07) is 12.4. The van der Waals surface area contributed by atoms with Crippen molar-refractivity contribution in [1.29, 1.82) is 0 Å². The van der Waals surface area contributed by atoms with E-state index in [1.807, 2.05) is 0 Å². The number of aliphatic carboxylic acids is 1. The molecule has 0 radical (unpaired) electrons. The SMILES string of the molecule is Cc1ccc(F)cc1-c1ccc2c(c1)N(S(=O)(=O)c1cccc(C(F)(F)F)c1)CC(CCCC(=O)O)CO2. The number of ether oxygens (including phenoxy) is 1. The average Bonchev–Trinajstić information content (AvgIpc) is 3.04. The molecule has 3 aromatic carbocycles. The van der Waals surface area contributed by atoms with E-state index in [2.05, 4.69) is 0 Å². The fourth-order valence-electron chi connectivity index (χ4n) is 4.40. The van der Waals surface area contributed by atoms with E-state index in [9.17, 15) is 30.8 Å². The molecule has 3 aromatic rings. The smallest absolute Gasteiger partial charge is 0.416 e. The number of carbonyl (C=O) groups is 1. The number of hydrogen-bond donors (Lipinski definition) is 1. The van der Waals surface area contributed by atoms with Gasteiger partial charge in [0.2, 0.25) is 0 Å². The van der Waals surface area contributed by atoms with Crippen LogP contribution in [-0.4, -0.2) is 32.6 Å². The van der Waals surface area contributed by atoms with E-state index < -0.39 is 44.4 Å². The molecule has 0 spiro atoms. The summed E-state index contributed by atoms with van der Waals surface area (Å²) in [5.74, 6) is -1.71. The van der Waals surface area contributed by atoms with Crippen LogP contribution in [-0.2, 0) is 21.0 Å². The maximum atomic E-state index is 14.0. The molecule has 4 rings (SSSR count). The van der Waals surface area contributed by atoms with Crippen molar-refractivity contribution in [3.63, 3.8) is 0 Å². The molecule has 6 nitrogen and oxygen atoms in total. The predicted octanol–water partition coefficient (Wildman–Crippen LogP) is 6.28. The molecule has 0 fully saturated rings. The molecule has 11 heteroatoms. The van der Waals surface area contributed by atoms with Gasteiger partial charge in [-0.2, -0.15) is 13.2 Å². The first kappa shape index (κ1) is 27.4. The monoisotopic (exact) mass is 551 g/mol. The van der Waals surface area contributed by atoms with Gasteiger partial charge in [-0.3, -0.25) is 9.10 Å². The summed E-state index contributed by atoms with van der Waals surface area (Å²) in [6.45, 7) is 1.71. The highest BCUT2D eigenvalue weighted by Crippen LogP contribution is 2.41. The zero-order valence-electron chi connectivity index (χ0n) is 20.3. The predicted molar refractivity (Wildman–Crippen MR) is 133 cm³/mol. The Morgan fingerprint density at radius 2 is 1.87 bits per heavy atom. The second-order valence-electron chi connectivity index (χ2n) is 9.17. The van der Waals surface area contributed by atoms with Crippen molar-refractivity contribution in [2.75, 3.05) is 17.5 Å². The number of nitrogens with zero attached hydrogens (tertiary/aromatic N) is 1. The number of alkyl halides is 3. The zero-order valence-corrected chi connectivity index (χ0v) is 21.2. The molecule has 1 N–H and O–H groups in total. The third-order valence-corrected chi connectivity index (χ3v) is 8.16. The molecule has 0 aliphatic carbocycles. The van der Waals surface area contributed by atoms with Crippen LogP contribution in [0.4, 0.5) is 23.2 Å². The van der Waals surface area contributed by atoms with Crippen molar-refractivity contribution in [1.82, 2.24) is 0 Å². The van der Waals surface area contributed by atoms with Gasteiger partial charge in [-0.05, 0) is 78.9 Å². The van der Waals surface area contributed by atoms with Crippen LogP contribution in [0.5, 0.6) is 5.75 Å². The van der Waals surface area contributed by atoms with Crippen LogP contribution >= 0.6 is 0 Å². The van der Waals surface area contributed by atoms with Crippen LogP contribution in [0.2, 0.25) is 0 Å². The molecule has 38 heavy (non-hydrogen) atoms. The van der Waals surface area contributed by atoms with Crippen LogP contribution in [0.15, 0.2) is 65.6 Å². The minimum atomic E-state index is -4.74. The number of rotatable bonds is 7. The van der Waals surface area contributed by atoms with Gasteiger partial charge in [0, 0.05) is 18.9 Å². The fourth-order valence-corrected chi connectivity index (χ4v) is 5.99. The molecule has 202 valence electrons. The topological polar surface area (TPSA) is 83.9 Å². The second kappa shape index (κ2) is 10.6. The highest BCUT2D eigenvalue weighted by molar-refractivity contribution is 7.92. The molecule has 1 unspecified atom stereocenters. The molecule has 1 aliphatic heterocycles. The summed E-state index contributed by atoms with van der Waals surface area (Å²) >= 11 is 0. The number of sulfonamides is 1. The maximum Gasteiger partial charge on any atom is 0.416 e. The molecule has 0 bridgehead atoms. The van der Waals surface area contributed by atoms with Gasteiger partial charge in [0.25, 0.3) is 10.0 Å². The number of carboxylic acids is 1. The fraction of sp³-hybridized carbons (Fsp3) is 0.296. The van der Waals surface area contributed by atoms with E-state index in [-0.39, 0.29) is 37.4 Å². The van der Waals surface area contributed by atoms with E-state index in [1.54, 1.807) is 25.1 Å². The molecular weight excluding hydrogens is 526 g/mol. The lowest BCUT2D eigenvalue weighted by Gasteiger charge is -2.27. The van der Waals surface area contributed by atoms with Gasteiger partial charge in [0.15, 0.2) is 0 Å².